The summed E-state index contributed by atoms with van der Waals surface area (Å²) in [6.45, 7) is 3.16. The number of ether oxygens (including phenoxy) is 1. The summed E-state index contributed by atoms with van der Waals surface area (Å²) in [7, 11) is 0. The van der Waals surface area contributed by atoms with Gasteiger partial charge < -0.3 is 10.1 Å². The lowest BCUT2D eigenvalue weighted by atomic mass is 9.88. The van der Waals surface area contributed by atoms with Crippen LogP contribution in [0.1, 0.15) is 57.1 Å². The zero-order valence-electron chi connectivity index (χ0n) is 11.8. The van der Waals surface area contributed by atoms with E-state index in [9.17, 15) is 0 Å². The van der Waals surface area contributed by atoms with Crippen molar-refractivity contribution in [3.05, 3.63) is 30.1 Å². The fraction of sp³-hybridized carbons (Fsp3) is 0.688. The fourth-order valence-corrected chi connectivity index (χ4v) is 3.64. The van der Waals surface area contributed by atoms with Gasteiger partial charge >= 0.3 is 0 Å². The van der Waals surface area contributed by atoms with Crippen LogP contribution in [0.4, 0.5) is 0 Å². The second-order valence-electron chi connectivity index (χ2n) is 6.10. The van der Waals surface area contributed by atoms with E-state index < -0.39 is 0 Å². The third kappa shape index (κ3) is 2.98. The van der Waals surface area contributed by atoms with Crippen molar-refractivity contribution in [3.8, 4) is 0 Å². The van der Waals surface area contributed by atoms with E-state index in [1.807, 2.05) is 12.4 Å². The third-order valence-electron chi connectivity index (χ3n) is 4.70. The molecule has 2 atom stereocenters. The van der Waals surface area contributed by atoms with Crippen molar-refractivity contribution < 1.29 is 4.74 Å². The van der Waals surface area contributed by atoms with Gasteiger partial charge in [0.25, 0.3) is 0 Å². The number of pyridine rings is 1. The summed E-state index contributed by atoms with van der Waals surface area (Å²) in [5, 5.41) is 3.78. The predicted molar refractivity (Wildman–Crippen MR) is 76.0 cm³/mol. The average Bonchev–Trinajstić information content (AvgIpc) is 2.88. The predicted octanol–water partition coefficient (Wildman–Crippen LogP) is 3.22. The van der Waals surface area contributed by atoms with Crippen LogP contribution in [0.5, 0.6) is 0 Å². The van der Waals surface area contributed by atoms with Crippen LogP contribution < -0.4 is 5.32 Å². The quantitative estimate of drug-likeness (QED) is 0.906. The molecule has 0 amide bonds. The van der Waals surface area contributed by atoms with Gasteiger partial charge in [-0.3, -0.25) is 4.98 Å². The zero-order valence-corrected chi connectivity index (χ0v) is 11.8. The van der Waals surface area contributed by atoms with Crippen molar-refractivity contribution in [1.29, 1.82) is 0 Å². The van der Waals surface area contributed by atoms with Crippen LogP contribution in [-0.4, -0.2) is 23.2 Å². The van der Waals surface area contributed by atoms with Crippen molar-refractivity contribution in [2.24, 2.45) is 0 Å². The molecule has 2 heterocycles. The molecule has 0 bridgehead atoms. The number of hydrogen-bond acceptors (Lipinski definition) is 3. The van der Waals surface area contributed by atoms with E-state index in [0.717, 1.165) is 13.0 Å². The normalized spacial score (nSPS) is 27.5. The van der Waals surface area contributed by atoms with E-state index in [4.69, 9.17) is 4.74 Å². The molecule has 19 heavy (non-hydrogen) atoms. The Morgan fingerprint density at radius 3 is 2.79 bits per heavy atom. The molecule has 3 heteroatoms. The van der Waals surface area contributed by atoms with Gasteiger partial charge in [0.2, 0.25) is 0 Å². The van der Waals surface area contributed by atoms with Crippen LogP contribution in [0, 0.1) is 0 Å². The van der Waals surface area contributed by atoms with Gasteiger partial charge in [0, 0.05) is 31.1 Å². The standard InChI is InChI=1S/C16H24N2O/c1-13(14-4-9-17-10-5-14)18-15-6-11-19-16(12-15)7-2-3-8-16/h4-5,9-10,13,15,18H,2-3,6-8,11-12H2,1H3. The van der Waals surface area contributed by atoms with Gasteiger partial charge in [-0.15, -0.1) is 0 Å². The smallest absolute Gasteiger partial charge is 0.0697 e. The lowest BCUT2D eigenvalue weighted by Crippen LogP contribution is -2.46. The molecular formula is C16H24N2O. The molecule has 3 rings (SSSR count). The molecule has 3 nitrogen and oxygen atoms in total. The first-order chi connectivity index (χ1) is 9.27. The Bertz CT molecular complexity index is 400. The molecule has 1 aromatic rings. The lowest BCUT2D eigenvalue weighted by Gasteiger charge is -2.39. The molecule has 0 aromatic carbocycles. The molecule has 1 aliphatic heterocycles. The van der Waals surface area contributed by atoms with E-state index in [1.165, 1.54) is 37.7 Å². The van der Waals surface area contributed by atoms with Gasteiger partial charge in [0.05, 0.1) is 5.60 Å². The summed E-state index contributed by atoms with van der Waals surface area (Å²) < 4.78 is 6.09. The van der Waals surface area contributed by atoms with Gasteiger partial charge in [-0.2, -0.15) is 0 Å². The minimum atomic E-state index is 0.202. The van der Waals surface area contributed by atoms with E-state index in [0.29, 0.717) is 12.1 Å². The minimum Gasteiger partial charge on any atom is -0.375 e. The van der Waals surface area contributed by atoms with Gasteiger partial charge in [0.15, 0.2) is 0 Å². The summed E-state index contributed by atoms with van der Waals surface area (Å²) in [4.78, 5) is 4.08. The Morgan fingerprint density at radius 1 is 1.32 bits per heavy atom. The second-order valence-corrected chi connectivity index (χ2v) is 6.10. The van der Waals surface area contributed by atoms with E-state index >= 15 is 0 Å². The topological polar surface area (TPSA) is 34.1 Å². The lowest BCUT2D eigenvalue weighted by molar-refractivity contribution is -0.0846. The first-order valence-corrected chi connectivity index (χ1v) is 7.57. The number of nitrogens with zero attached hydrogens (tertiary/aromatic N) is 1. The van der Waals surface area contributed by atoms with Crippen molar-refractivity contribution in [1.82, 2.24) is 10.3 Å². The van der Waals surface area contributed by atoms with Gasteiger partial charge in [-0.1, -0.05) is 12.8 Å². The van der Waals surface area contributed by atoms with Crippen molar-refractivity contribution >= 4 is 0 Å². The highest BCUT2D eigenvalue weighted by atomic mass is 16.5. The summed E-state index contributed by atoms with van der Waals surface area (Å²) in [6.07, 6.45) is 11.3. The molecule has 1 aromatic heterocycles. The maximum Gasteiger partial charge on any atom is 0.0697 e. The maximum absolute atomic E-state index is 6.09. The Kier molecular flexibility index (Phi) is 3.85. The molecule has 2 aliphatic rings. The number of nitrogens with one attached hydrogen (secondary N) is 1. The number of aromatic nitrogens is 1. The second kappa shape index (κ2) is 5.59. The van der Waals surface area contributed by atoms with E-state index in [1.54, 1.807) is 0 Å². The summed E-state index contributed by atoms with van der Waals surface area (Å²) in [5.41, 5.74) is 1.52. The molecule has 2 unspecified atom stereocenters. The van der Waals surface area contributed by atoms with Gasteiger partial charge in [0.1, 0.15) is 0 Å². The largest absolute Gasteiger partial charge is 0.375 e. The Hall–Kier alpha value is -0.930. The highest BCUT2D eigenvalue weighted by molar-refractivity contribution is 5.14. The molecule has 1 saturated carbocycles. The number of rotatable bonds is 3. The SMILES string of the molecule is CC(NC1CCOC2(CCCC2)C1)c1ccncc1. The van der Waals surface area contributed by atoms with Gasteiger partial charge in [-0.25, -0.2) is 0 Å². The van der Waals surface area contributed by atoms with Crippen molar-refractivity contribution in [2.45, 2.75) is 63.1 Å². The Labute approximate surface area is 115 Å². The monoisotopic (exact) mass is 260 g/mol. The highest BCUT2D eigenvalue weighted by Crippen LogP contribution is 2.40. The van der Waals surface area contributed by atoms with Crippen molar-refractivity contribution in [3.63, 3.8) is 0 Å². The molecule has 1 spiro atoms. The fourth-order valence-electron chi connectivity index (χ4n) is 3.64. The number of hydrogen-bond donors (Lipinski definition) is 1. The molecule has 1 saturated heterocycles. The van der Waals surface area contributed by atoms with Crippen LogP contribution in [0.3, 0.4) is 0 Å². The van der Waals surface area contributed by atoms with E-state index in [2.05, 4.69) is 29.4 Å². The van der Waals surface area contributed by atoms with Crippen LogP contribution in [0.2, 0.25) is 0 Å². The van der Waals surface area contributed by atoms with Crippen LogP contribution >= 0.6 is 0 Å². The third-order valence-corrected chi connectivity index (χ3v) is 4.70. The van der Waals surface area contributed by atoms with E-state index in [-0.39, 0.29) is 5.60 Å². The highest BCUT2D eigenvalue weighted by Gasteiger charge is 2.39. The molecule has 0 radical (unpaired) electrons. The molecule has 1 N–H and O–H groups in total. The maximum atomic E-state index is 6.09. The summed E-state index contributed by atoms with van der Waals surface area (Å²) in [6, 6.07) is 5.18. The van der Waals surface area contributed by atoms with Crippen LogP contribution in [0.15, 0.2) is 24.5 Å². The van der Waals surface area contributed by atoms with Crippen LogP contribution in [0.25, 0.3) is 0 Å². The first-order valence-electron chi connectivity index (χ1n) is 7.57. The van der Waals surface area contributed by atoms with Crippen molar-refractivity contribution in [2.75, 3.05) is 6.61 Å². The zero-order chi connectivity index (χ0) is 13.1. The molecular weight excluding hydrogens is 236 g/mol. The molecule has 104 valence electrons. The van der Waals surface area contributed by atoms with Gasteiger partial charge in [-0.05, 0) is 50.3 Å². The first kappa shape index (κ1) is 13.1. The minimum absolute atomic E-state index is 0.202. The molecule has 2 fully saturated rings. The Morgan fingerprint density at radius 2 is 2.05 bits per heavy atom. The average molecular weight is 260 g/mol. The summed E-state index contributed by atoms with van der Waals surface area (Å²) >= 11 is 0. The Balaban J connectivity index is 1.60. The summed E-state index contributed by atoms with van der Waals surface area (Å²) in [5.74, 6) is 0. The molecule has 1 aliphatic carbocycles. The van der Waals surface area contributed by atoms with Crippen LogP contribution in [-0.2, 0) is 4.74 Å².